The lowest BCUT2D eigenvalue weighted by atomic mass is 10.1. The molecule has 20 heavy (non-hydrogen) atoms. The molecular formula is C15H22N2O3. The Hall–Kier alpha value is -1.59. The van der Waals surface area contributed by atoms with Gasteiger partial charge in [-0.05, 0) is 19.4 Å². The second-order valence-corrected chi connectivity index (χ2v) is 5.57. The maximum atomic E-state index is 11.6. The minimum Gasteiger partial charge on any atom is -0.447 e. The molecule has 1 aromatic carbocycles. The van der Waals surface area contributed by atoms with Crippen molar-refractivity contribution in [2.75, 3.05) is 19.7 Å². The Balaban J connectivity index is 1.67. The van der Waals surface area contributed by atoms with E-state index in [-0.39, 0.29) is 18.3 Å². The number of carbonyl (C=O) groups excluding carboxylic acids is 1. The first-order chi connectivity index (χ1) is 9.55. The molecule has 110 valence electrons. The normalized spacial score (nSPS) is 21.2. The van der Waals surface area contributed by atoms with Crippen molar-refractivity contribution in [1.29, 1.82) is 0 Å². The van der Waals surface area contributed by atoms with Crippen LogP contribution in [0.25, 0.3) is 0 Å². The van der Waals surface area contributed by atoms with E-state index in [9.17, 15) is 4.79 Å². The largest absolute Gasteiger partial charge is 0.447 e. The lowest BCUT2D eigenvalue weighted by Crippen LogP contribution is -2.52. The van der Waals surface area contributed by atoms with E-state index >= 15 is 0 Å². The van der Waals surface area contributed by atoms with E-state index in [2.05, 4.69) is 10.6 Å². The Morgan fingerprint density at radius 3 is 2.90 bits per heavy atom. The maximum Gasteiger partial charge on any atom is 0.407 e. The third-order valence-electron chi connectivity index (χ3n) is 3.09. The number of rotatable bonds is 4. The summed E-state index contributed by atoms with van der Waals surface area (Å²) >= 11 is 0. The second kappa shape index (κ2) is 6.72. The van der Waals surface area contributed by atoms with Gasteiger partial charge in [-0.3, -0.25) is 0 Å². The first kappa shape index (κ1) is 14.8. The van der Waals surface area contributed by atoms with Gasteiger partial charge in [0.05, 0.1) is 5.60 Å². The number of alkyl carbamates (subject to hydrolysis) is 1. The Morgan fingerprint density at radius 1 is 1.45 bits per heavy atom. The molecule has 2 rings (SSSR count). The molecule has 0 spiro atoms. The summed E-state index contributed by atoms with van der Waals surface area (Å²) in [6.07, 6.45) is -0.512. The molecule has 1 atom stereocenters. The minimum absolute atomic E-state index is 0.0961. The Morgan fingerprint density at radius 2 is 2.20 bits per heavy atom. The molecule has 0 bridgehead atoms. The highest BCUT2D eigenvalue weighted by atomic mass is 16.6. The molecule has 1 unspecified atom stereocenters. The maximum absolute atomic E-state index is 11.6. The fourth-order valence-electron chi connectivity index (χ4n) is 2.15. The number of ether oxygens (including phenoxy) is 2. The minimum atomic E-state index is -0.416. The van der Waals surface area contributed by atoms with Crippen molar-refractivity contribution in [2.24, 2.45) is 0 Å². The highest BCUT2D eigenvalue weighted by Gasteiger charge is 2.28. The Labute approximate surface area is 119 Å². The van der Waals surface area contributed by atoms with Gasteiger partial charge in [-0.15, -0.1) is 0 Å². The highest BCUT2D eigenvalue weighted by molar-refractivity contribution is 5.67. The van der Waals surface area contributed by atoms with Crippen molar-refractivity contribution >= 4 is 6.09 Å². The number of morpholine rings is 1. The third-order valence-corrected chi connectivity index (χ3v) is 3.09. The van der Waals surface area contributed by atoms with Gasteiger partial charge < -0.3 is 20.1 Å². The van der Waals surface area contributed by atoms with Gasteiger partial charge in [-0.25, -0.2) is 4.79 Å². The summed E-state index contributed by atoms with van der Waals surface area (Å²) in [6.45, 7) is 6.27. The van der Waals surface area contributed by atoms with Gasteiger partial charge in [0, 0.05) is 19.6 Å². The van der Waals surface area contributed by atoms with Gasteiger partial charge in [-0.2, -0.15) is 0 Å². The summed E-state index contributed by atoms with van der Waals surface area (Å²) in [4.78, 5) is 11.6. The molecule has 2 N–H and O–H groups in total. The molecule has 0 radical (unpaired) electrons. The van der Waals surface area contributed by atoms with E-state index in [0.29, 0.717) is 13.1 Å². The van der Waals surface area contributed by atoms with Crippen molar-refractivity contribution < 1.29 is 14.3 Å². The van der Waals surface area contributed by atoms with E-state index in [0.717, 1.165) is 12.1 Å². The van der Waals surface area contributed by atoms with Crippen molar-refractivity contribution in [3.05, 3.63) is 35.9 Å². The number of benzene rings is 1. The van der Waals surface area contributed by atoms with Gasteiger partial charge in [0.1, 0.15) is 12.7 Å². The summed E-state index contributed by atoms with van der Waals surface area (Å²) in [7, 11) is 0. The highest BCUT2D eigenvalue weighted by Crippen LogP contribution is 2.15. The van der Waals surface area contributed by atoms with Crippen LogP contribution in [0.15, 0.2) is 30.3 Å². The number of amides is 1. The molecule has 5 nitrogen and oxygen atoms in total. The first-order valence-corrected chi connectivity index (χ1v) is 6.88. The average molecular weight is 278 g/mol. The molecule has 0 aromatic heterocycles. The van der Waals surface area contributed by atoms with Crippen LogP contribution in [-0.4, -0.2) is 37.5 Å². The van der Waals surface area contributed by atoms with Crippen LogP contribution in [0.5, 0.6) is 0 Å². The quantitative estimate of drug-likeness (QED) is 0.880. The summed E-state index contributed by atoms with van der Waals surface area (Å²) < 4.78 is 11.0. The zero-order valence-corrected chi connectivity index (χ0v) is 12.0. The van der Waals surface area contributed by atoms with Crippen LogP contribution >= 0.6 is 0 Å². The number of hydrogen-bond donors (Lipinski definition) is 2. The monoisotopic (exact) mass is 278 g/mol. The van der Waals surface area contributed by atoms with Gasteiger partial charge in [0.25, 0.3) is 0 Å². The van der Waals surface area contributed by atoms with Crippen LogP contribution in [0.4, 0.5) is 4.79 Å². The van der Waals surface area contributed by atoms with Gasteiger partial charge in [-0.1, -0.05) is 30.3 Å². The van der Waals surface area contributed by atoms with Crippen LogP contribution in [-0.2, 0) is 16.0 Å². The zero-order chi connectivity index (χ0) is 14.4. The molecule has 1 aliphatic rings. The summed E-state index contributed by atoms with van der Waals surface area (Å²) in [5.74, 6) is 0. The number of hydrogen-bond acceptors (Lipinski definition) is 4. The van der Waals surface area contributed by atoms with Crippen LogP contribution in [0.1, 0.15) is 19.4 Å². The van der Waals surface area contributed by atoms with Crippen LogP contribution in [0.2, 0.25) is 0 Å². The number of carbonyl (C=O) groups is 1. The van der Waals surface area contributed by atoms with E-state index in [1.807, 2.05) is 44.2 Å². The fraction of sp³-hybridized carbons (Fsp3) is 0.533. The Bertz CT molecular complexity index is 434. The molecule has 1 saturated heterocycles. The smallest absolute Gasteiger partial charge is 0.407 e. The van der Waals surface area contributed by atoms with Crippen LogP contribution in [0, 0.1) is 0 Å². The van der Waals surface area contributed by atoms with E-state index < -0.39 is 6.09 Å². The summed E-state index contributed by atoms with van der Waals surface area (Å²) in [5.41, 5.74) is 0.827. The van der Waals surface area contributed by atoms with Crippen molar-refractivity contribution in [1.82, 2.24) is 10.6 Å². The molecule has 1 fully saturated rings. The molecule has 1 amide bonds. The van der Waals surface area contributed by atoms with Gasteiger partial charge >= 0.3 is 6.09 Å². The lowest BCUT2D eigenvalue weighted by Gasteiger charge is -2.36. The van der Waals surface area contributed by atoms with Crippen molar-refractivity contribution in [2.45, 2.75) is 32.1 Å². The molecule has 5 heteroatoms. The fourth-order valence-corrected chi connectivity index (χ4v) is 2.15. The van der Waals surface area contributed by atoms with Crippen LogP contribution < -0.4 is 10.6 Å². The standard InChI is InChI=1S/C15H22N2O3/c1-15(2)11-16-9-13(20-15)10-19-14(18)17-8-12-6-4-3-5-7-12/h3-7,13,16H,8-11H2,1-2H3,(H,17,18). The van der Waals surface area contributed by atoms with Gasteiger partial charge in [0.15, 0.2) is 0 Å². The summed E-state index contributed by atoms with van der Waals surface area (Å²) in [5, 5.41) is 5.99. The SMILES string of the molecule is CC1(C)CNCC(COC(=O)NCc2ccccc2)O1. The average Bonchev–Trinajstić information content (AvgIpc) is 2.43. The van der Waals surface area contributed by atoms with Gasteiger partial charge in [0.2, 0.25) is 0 Å². The van der Waals surface area contributed by atoms with Crippen molar-refractivity contribution in [3.63, 3.8) is 0 Å². The first-order valence-electron chi connectivity index (χ1n) is 6.88. The van der Waals surface area contributed by atoms with Crippen molar-refractivity contribution in [3.8, 4) is 0 Å². The summed E-state index contributed by atoms with van der Waals surface area (Å²) in [6, 6.07) is 9.73. The molecule has 1 aliphatic heterocycles. The van der Waals surface area contributed by atoms with E-state index in [1.165, 1.54) is 0 Å². The Kier molecular flexibility index (Phi) is 4.98. The lowest BCUT2D eigenvalue weighted by molar-refractivity contribution is -0.111. The predicted molar refractivity (Wildman–Crippen MR) is 76.5 cm³/mol. The molecular weight excluding hydrogens is 256 g/mol. The van der Waals surface area contributed by atoms with Crippen LogP contribution in [0.3, 0.4) is 0 Å². The third kappa shape index (κ3) is 4.83. The topological polar surface area (TPSA) is 59.6 Å². The predicted octanol–water partition coefficient (Wildman–Crippen LogP) is 1.68. The molecule has 1 heterocycles. The van der Waals surface area contributed by atoms with E-state index in [1.54, 1.807) is 0 Å². The molecule has 0 saturated carbocycles. The molecule has 1 aromatic rings. The number of nitrogens with one attached hydrogen (secondary N) is 2. The second-order valence-electron chi connectivity index (χ2n) is 5.57. The zero-order valence-electron chi connectivity index (χ0n) is 12.0. The molecule has 0 aliphatic carbocycles. The van der Waals surface area contributed by atoms with E-state index in [4.69, 9.17) is 9.47 Å².